The maximum atomic E-state index is 11.8. The van der Waals surface area contributed by atoms with E-state index in [4.69, 9.17) is 0 Å². The Bertz CT molecular complexity index is 335. The van der Waals surface area contributed by atoms with E-state index >= 15 is 0 Å². The quantitative estimate of drug-likeness (QED) is 0.701. The van der Waals surface area contributed by atoms with Crippen LogP contribution in [0.3, 0.4) is 0 Å². The molecule has 6 heteroatoms. The standard InChI is InChI=1S/C11H23NO4S/c1-8(2)6-7-17(14,15)12-10(9(3)4)11(13)16-5/h8-10,12H,6-7H2,1-5H3. The summed E-state index contributed by atoms with van der Waals surface area (Å²) in [7, 11) is -2.18. The van der Waals surface area contributed by atoms with Crippen molar-refractivity contribution < 1.29 is 17.9 Å². The molecule has 1 atom stereocenters. The molecule has 1 N–H and O–H groups in total. The lowest BCUT2D eigenvalue weighted by Crippen LogP contribution is -2.45. The lowest BCUT2D eigenvalue weighted by Gasteiger charge is -2.20. The van der Waals surface area contributed by atoms with Crippen LogP contribution in [0.15, 0.2) is 0 Å². The fourth-order valence-electron chi connectivity index (χ4n) is 1.23. The van der Waals surface area contributed by atoms with Crippen molar-refractivity contribution in [2.45, 2.75) is 40.2 Å². The molecule has 17 heavy (non-hydrogen) atoms. The summed E-state index contributed by atoms with van der Waals surface area (Å²) >= 11 is 0. The maximum absolute atomic E-state index is 11.8. The van der Waals surface area contributed by atoms with E-state index in [9.17, 15) is 13.2 Å². The van der Waals surface area contributed by atoms with Crippen LogP contribution >= 0.6 is 0 Å². The molecule has 0 aliphatic carbocycles. The van der Waals surface area contributed by atoms with Gasteiger partial charge in [-0.3, -0.25) is 4.79 Å². The third kappa shape index (κ3) is 6.63. The summed E-state index contributed by atoms with van der Waals surface area (Å²) in [6.45, 7) is 7.45. The van der Waals surface area contributed by atoms with Crippen LogP contribution in [0.5, 0.6) is 0 Å². The number of ether oxygens (including phenoxy) is 1. The van der Waals surface area contributed by atoms with Gasteiger partial charge < -0.3 is 4.74 Å². The van der Waals surface area contributed by atoms with Gasteiger partial charge in [0.25, 0.3) is 0 Å². The first-order valence-corrected chi connectivity index (χ1v) is 7.42. The number of nitrogens with one attached hydrogen (secondary N) is 1. The molecule has 0 rings (SSSR count). The minimum Gasteiger partial charge on any atom is -0.468 e. The summed E-state index contributed by atoms with van der Waals surface area (Å²) < 4.78 is 30.5. The highest BCUT2D eigenvalue weighted by molar-refractivity contribution is 7.89. The third-order valence-electron chi connectivity index (χ3n) is 2.39. The fourth-order valence-corrected chi connectivity index (χ4v) is 2.88. The number of rotatable bonds is 7. The fraction of sp³-hybridized carbons (Fsp3) is 0.909. The SMILES string of the molecule is COC(=O)C(NS(=O)(=O)CCC(C)C)C(C)C. The van der Waals surface area contributed by atoms with Crippen molar-refractivity contribution in [1.29, 1.82) is 0 Å². The molecule has 0 saturated heterocycles. The zero-order chi connectivity index (χ0) is 13.6. The van der Waals surface area contributed by atoms with E-state index in [0.717, 1.165) is 0 Å². The van der Waals surface area contributed by atoms with Crippen LogP contribution in [0.1, 0.15) is 34.1 Å². The van der Waals surface area contributed by atoms with Gasteiger partial charge in [-0.05, 0) is 18.3 Å². The zero-order valence-electron chi connectivity index (χ0n) is 11.2. The third-order valence-corrected chi connectivity index (χ3v) is 3.78. The minimum absolute atomic E-state index is 0.0326. The van der Waals surface area contributed by atoms with Crippen molar-refractivity contribution >= 4 is 16.0 Å². The van der Waals surface area contributed by atoms with Gasteiger partial charge in [0.2, 0.25) is 10.0 Å². The Hall–Kier alpha value is -0.620. The first-order valence-electron chi connectivity index (χ1n) is 5.77. The number of esters is 1. The highest BCUT2D eigenvalue weighted by Gasteiger charge is 2.27. The minimum atomic E-state index is -3.43. The maximum Gasteiger partial charge on any atom is 0.324 e. The van der Waals surface area contributed by atoms with Gasteiger partial charge in [0, 0.05) is 0 Å². The van der Waals surface area contributed by atoms with Crippen LogP contribution < -0.4 is 4.72 Å². The molecule has 0 aliphatic rings. The highest BCUT2D eigenvalue weighted by atomic mass is 32.2. The van der Waals surface area contributed by atoms with E-state index in [1.165, 1.54) is 7.11 Å². The Labute approximate surface area is 104 Å². The molecule has 102 valence electrons. The topological polar surface area (TPSA) is 72.5 Å². The summed E-state index contributed by atoms with van der Waals surface area (Å²) in [4.78, 5) is 11.4. The van der Waals surface area contributed by atoms with Crippen molar-refractivity contribution in [2.24, 2.45) is 11.8 Å². The van der Waals surface area contributed by atoms with E-state index in [2.05, 4.69) is 9.46 Å². The molecule has 0 aromatic heterocycles. The van der Waals surface area contributed by atoms with Crippen LogP contribution in [0.4, 0.5) is 0 Å². The summed E-state index contributed by atoms with van der Waals surface area (Å²) in [5.41, 5.74) is 0. The predicted molar refractivity (Wildman–Crippen MR) is 67.0 cm³/mol. The molecule has 0 spiro atoms. The molecular formula is C11H23NO4S. The predicted octanol–water partition coefficient (Wildman–Crippen LogP) is 1.15. The average Bonchev–Trinajstić information content (AvgIpc) is 2.22. The summed E-state index contributed by atoms with van der Waals surface area (Å²) in [6, 6.07) is -0.808. The molecule has 0 aliphatic heterocycles. The molecular weight excluding hydrogens is 242 g/mol. The van der Waals surface area contributed by atoms with Gasteiger partial charge in [-0.1, -0.05) is 27.7 Å². The Kier molecular flexibility index (Phi) is 6.70. The molecule has 0 amide bonds. The lowest BCUT2D eigenvalue weighted by atomic mass is 10.1. The molecule has 0 aromatic carbocycles. The average molecular weight is 265 g/mol. The van der Waals surface area contributed by atoms with Gasteiger partial charge in [-0.15, -0.1) is 0 Å². The van der Waals surface area contributed by atoms with Gasteiger partial charge >= 0.3 is 5.97 Å². The van der Waals surface area contributed by atoms with Crippen LogP contribution in [0.25, 0.3) is 0 Å². The van der Waals surface area contributed by atoms with Gasteiger partial charge in [-0.25, -0.2) is 13.1 Å². The molecule has 0 saturated carbocycles. The molecule has 0 heterocycles. The largest absolute Gasteiger partial charge is 0.468 e. The van der Waals surface area contributed by atoms with Crippen molar-refractivity contribution in [2.75, 3.05) is 12.9 Å². The number of hydrogen-bond donors (Lipinski definition) is 1. The van der Waals surface area contributed by atoms with Gasteiger partial charge in [0.1, 0.15) is 6.04 Å². The highest BCUT2D eigenvalue weighted by Crippen LogP contribution is 2.08. The van der Waals surface area contributed by atoms with Gasteiger partial charge in [-0.2, -0.15) is 0 Å². The van der Waals surface area contributed by atoms with Crippen molar-refractivity contribution in [1.82, 2.24) is 4.72 Å². The van der Waals surface area contributed by atoms with E-state index in [1.807, 2.05) is 13.8 Å². The van der Waals surface area contributed by atoms with Crippen LogP contribution in [0, 0.1) is 11.8 Å². The number of hydrogen-bond acceptors (Lipinski definition) is 4. The second-order valence-corrected chi connectivity index (χ2v) is 6.74. The van der Waals surface area contributed by atoms with Gasteiger partial charge in [0.05, 0.1) is 12.9 Å². The van der Waals surface area contributed by atoms with Crippen molar-refractivity contribution in [3.63, 3.8) is 0 Å². The van der Waals surface area contributed by atoms with Crippen molar-refractivity contribution in [3.05, 3.63) is 0 Å². The molecule has 0 bridgehead atoms. The van der Waals surface area contributed by atoms with E-state index in [0.29, 0.717) is 12.3 Å². The Morgan fingerprint density at radius 3 is 2.12 bits per heavy atom. The second kappa shape index (κ2) is 6.96. The first kappa shape index (κ1) is 16.4. The Balaban J connectivity index is 4.59. The number of sulfonamides is 1. The second-order valence-electron chi connectivity index (χ2n) is 4.86. The van der Waals surface area contributed by atoms with E-state index < -0.39 is 22.0 Å². The molecule has 1 unspecified atom stereocenters. The smallest absolute Gasteiger partial charge is 0.324 e. The first-order chi connectivity index (χ1) is 7.69. The zero-order valence-corrected chi connectivity index (χ0v) is 12.0. The van der Waals surface area contributed by atoms with Crippen LogP contribution in [-0.2, 0) is 19.6 Å². The number of carbonyl (C=O) groups excluding carboxylic acids is 1. The van der Waals surface area contributed by atoms with Crippen LogP contribution in [-0.4, -0.2) is 33.3 Å². The monoisotopic (exact) mass is 265 g/mol. The van der Waals surface area contributed by atoms with Crippen molar-refractivity contribution in [3.8, 4) is 0 Å². The normalized spacial score (nSPS) is 14.1. The summed E-state index contributed by atoms with van der Waals surface area (Å²) in [5, 5.41) is 0. The molecule has 5 nitrogen and oxygen atoms in total. The molecule has 0 aromatic rings. The van der Waals surface area contributed by atoms with E-state index in [-0.39, 0.29) is 11.7 Å². The van der Waals surface area contributed by atoms with E-state index in [1.54, 1.807) is 13.8 Å². The Morgan fingerprint density at radius 2 is 1.76 bits per heavy atom. The number of carbonyl (C=O) groups is 1. The lowest BCUT2D eigenvalue weighted by molar-refractivity contribution is -0.143. The molecule has 0 fully saturated rings. The van der Waals surface area contributed by atoms with Crippen LogP contribution in [0.2, 0.25) is 0 Å². The summed E-state index contributed by atoms with van der Waals surface area (Å²) in [5.74, 6) is -0.350. The van der Waals surface area contributed by atoms with Gasteiger partial charge in [0.15, 0.2) is 0 Å². The number of methoxy groups -OCH3 is 1. The Morgan fingerprint density at radius 1 is 1.24 bits per heavy atom. The molecule has 0 radical (unpaired) electrons. The summed E-state index contributed by atoms with van der Waals surface area (Å²) in [6.07, 6.45) is 0.571.